The van der Waals surface area contributed by atoms with Gasteiger partial charge in [0.05, 0.1) is 5.88 Å². The van der Waals surface area contributed by atoms with Crippen LogP contribution >= 0.6 is 35.0 Å². The first-order valence-corrected chi connectivity index (χ1v) is 7.03. The van der Waals surface area contributed by atoms with Crippen molar-refractivity contribution in [2.24, 2.45) is 0 Å². The molecule has 1 aliphatic rings. The van der Waals surface area contributed by atoms with Gasteiger partial charge in [-0.05, 0) is 30.5 Å². The molecular formula is C12H13Cl2NS. The van der Waals surface area contributed by atoms with Gasteiger partial charge < -0.3 is 4.90 Å². The standard InChI is InChI=1S/C12H13Cl2NS/c13-11-5-3-10(4-6-11)2-1-7-15-9-16-8-12(15)14/h3-6,8H,1-2,7,9H2. The summed E-state index contributed by atoms with van der Waals surface area (Å²) in [7, 11) is 0. The molecule has 0 amide bonds. The fourth-order valence-corrected chi connectivity index (χ4v) is 2.97. The minimum absolute atomic E-state index is 0.797. The molecule has 1 aromatic rings. The Morgan fingerprint density at radius 1 is 1.19 bits per heavy atom. The minimum Gasteiger partial charge on any atom is -0.352 e. The quantitative estimate of drug-likeness (QED) is 0.752. The first-order chi connectivity index (χ1) is 7.75. The van der Waals surface area contributed by atoms with Gasteiger partial charge in [0.25, 0.3) is 0 Å². The van der Waals surface area contributed by atoms with Crippen LogP contribution in [0.4, 0.5) is 0 Å². The van der Waals surface area contributed by atoms with Crippen molar-refractivity contribution in [2.75, 3.05) is 12.4 Å². The van der Waals surface area contributed by atoms with Crippen LogP contribution in [0.1, 0.15) is 12.0 Å². The van der Waals surface area contributed by atoms with Gasteiger partial charge in [0.2, 0.25) is 0 Å². The summed E-state index contributed by atoms with van der Waals surface area (Å²) in [5.74, 6) is 0.986. The van der Waals surface area contributed by atoms with Crippen LogP contribution in [0.2, 0.25) is 5.02 Å². The van der Waals surface area contributed by atoms with Gasteiger partial charge in [-0.15, -0.1) is 11.8 Å². The summed E-state index contributed by atoms with van der Waals surface area (Å²) < 4.78 is 0. The summed E-state index contributed by atoms with van der Waals surface area (Å²) in [6.07, 6.45) is 2.19. The second-order valence-corrected chi connectivity index (χ2v) is 5.38. The van der Waals surface area contributed by atoms with E-state index in [-0.39, 0.29) is 0 Å². The Hall–Kier alpha value is -0.310. The van der Waals surface area contributed by atoms with E-state index in [9.17, 15) is 0 Å². The van der Waals surface area contributed by atoms with Crippen molar-refractivity contribution in [3.8, 4) is 0 Å². The van der Waals surface area contributed by atoms with E-state index in [1.54, 1.807) is 11.8 Å². The zero-order valence-corrected chi connectivity index (χ0v) is 11.2. The van der Waals surface area contributed by atoms with Crippen LogP contribution in [0.25, 0.3) is 0 Å². The molecule has 0 spiro atoms. The van der Waals surface area contributed by atoms with Crippen LogP contribution in [0, 0.1) is 0 Å². The molecule has 1 aliphatic heterocycles. The van der Waals surface area contributed by atoms with Crippen molar-refractivity contribution in [3.05, 3.63) is 45.4 Å². The highest BCUT2D eigenvalue weighted by atomic mass is 35.5. The molecule has 0 saturated carbocycles. The summed E-state index contributed by atoms with van der Waals surface area (Å²) in [6.45, 7) is 1.02. The van der Waals surface area contributed by atoms with E-state index in [2.05, 4.69) is 17.0 Å². The molecule has 1 aromatic carbocycles. The molecule has 0 atom stereocenters. The molecule has 0 N–H and O–H groups in total. The highest BCUT2D eigenvalue weighted by Crippen LogP contribution is 2.25. The SMILES string of the molecule is ClC1=CSCN1CCCc1ccc(Cl)cc1. The van der Waals surface area contributed by atoms with Crippen molar-refractivity contribution >= 4 is 35.0 Å². The Morgan fingerprint density at radius 3 is 2.56 bits per heavy atom. The van der Waals surface area contributed by atoms with E-state index in [4.69, 9.17) is 23.2 Å². The summed E-state index contributed by atoms with van der Waals surface area (Å²) in [5, 5.41) is 3.68. The van der Waals surface area contributed by atoms with Crippen LogP contribution in [-0.4, -0.2) is 17.3 Å². The largest absolute Gasteiger partial charge is 0.352 e. The van der Waals surface area contributed by atoms with E-state index in [1.165, 1.54) is 5.56 Å². The molecule has 0 fully saturated rings. The first kappa shape index (κ1) is 12.2. The van der Waals surface area contributed by atoms with Crippen LogP contribution in [-0.2, 0) is 6.42 Å². The molecule has 16 heavy (non-hydrogen) atoms. The lowest BCUT2D eigenvalue weighted by Gasteiger charge is -2.17. The molecule has 86 valence electrons. The summed E-state index contributed by atoms with van der Waals surface area (Å²) in [6, 6.07) is 8.04. The number of aryl methyl sites for hydroxylation is 1. The van der Waals surface area contributed by atoms with Crippen LogP contribution in [0.3, 0.4) is 0 Å². The molecule has 0 unspecified atom stereocenters. The summed E-state index contributed by atoms with van der Waals surface area (Å²) >= 11 is 13.6. The summed E-state index contributed by atoms with van der Waals surface area (Å²) in [4.78, 5) is 2.20. The third-order valence-corrected chi connectivity index (χ3v) is 4.10. The van der Waals surface area contributed by atoms with E-state index in [0.29, 0.717) is 0 Å². The van der Waals surface area contributed by atoms with Crippen LogP contribution in [0.15, 0.2) is 34.8 Å². The smallest absolute Gasteiger partial charge is 0.111 e. The van der Waals surface area contributed by atoms with Gasteiger partial charge in [-0.2, -0.15) is 0 Å². The maximum atomic E-state index is 6.03. The second kappa shape index (κ2) is 5.85. The average Bonchev–Trinajstić information content (AvgIpc) is 2.68. The Bertz CT molecular complexity index is 375. The fraction of sp³-hybridized carbons (Fsp3) is 0.333. The number of hydrogen-bond donors (Lipinski definition) is 0. The lowest BCUT2D eigenvalue weighted by Crippen LogP contribution is -2.18. The number of benzene rings is 1. The van der Waals surface area contributed by atoms with Crippen LogP contribution in [0.5, 0.6) is 0 Å². The lowest BCUT2D eigenvalue weighted by atomic mass is 10.1. The van der Waals surface area contributed by atoms with E-state index < -0.39 is 0 Å². The molecule has 0 bridgehead atoms. The van der Waals surface area contributed by atoms with Crippen molar-refractivity contribution in [2.45, 2.75) is 12.8 Å². The Morgan fingerprint density at radius 2 is 1.94 bits per heavy atom. The molecule has 0 aliphatic carbocycles. The van der Waals surface area contributed by atoms with Gasteiger partial charge in [0.1, 0.15) is 5.16 Å². The average molecular weight is 274 g/mol. The Kier molecular flexibility index (Phi) is 4.45. The van der Waals surface area contributed by atoms with E-state index in [0.717, 1.165) is 35.4 Å². The Balaban J connectivity index is 1.76. The predicted molar refractivity (Wildman–Crippen MR) is 72.9 cm³/mol. The zero-order valence-electron chi connectivity index (χ0n) is 8.83. The molecule has 0 aromatic heterocycles. The van der Waals surface area contributed by atoms with Gasteiger partial charge in [0.15, 0.2) is 0 Å². The van der Waals surface area contributed by atoms with Crippen molar-refractivity contribution in [1.82, 2.24) is 4.90 Å². The third-order valence-electron chi connectivity index (χ3n) is 2.52. The predicted octanol–water partition coefficient (Wildman–Crippen LogP) is 4.32. The number of rotatable bonds is 4. The molecule has 1 nitrogen and oxygen atoms in total. The Labute approximate surface area is 110 Å². The topological polar surface area (TPSA) is 3.24 Å². The molecule has 1 heterocycles. The van der Waals surface area contributed by atoms with Gasteiger partial charge in [-0.25, -0.2) is 0 Å². The minimum atomic E-state index is 0.797. The van der Waals surface area contributed by atoms with E-state index in [1.807, 2.05) is 17.5 Å². The maximum absolute atomic E-state index is 6.03. The maximum Gasteiger partial charge on any atom is 0.111 e. The highest BCUT2D eigenvalue weighted by molar-refractivity contribution is 8.02. The lowest BCUT2D eigenvalue weighted by molar-refractivity contribution is 0.424. The first-order valence-electron chi connectivity index (χ1n) is 5.22. The van der Waals surface area contributed by atoms with E-state index >= 15 is 0 Å². The van der Waals surface area contributed by atoms with Gasteiger partial charge in [-0.3, -0.25) is 0 Å². The number of hydrogen-bond acceptors (Lipinski definition) is 2. The van der Waals surface area contributed by atoms with Crippen molar-refractivity contribution < 1.29 is 0 Å². The normalized spacial score (nSPS) is 15.4. The van der Waals surface area contributed by atoms with Crippen molar-refractivity contribution in [3.63, 3.8) is 0 Å². The fourth-order valence-electron chi connectivity index (χ4n) is 1.63. The molecule has 2 rings (SSSR count). The van der Waals surface area contributed by atoms with Crippen LogP contribution < -0.4 is 0 Å². The third kappa shape index (κ3) is 3.34. The monoisotopic (exact) mass is 273 g/mol. The molecule has 4 heteroatoms. The van der Waals surface area contributed by atoms with Crippen molar-refractivity contribution in [1.29, 1.82) is 0 Å². The van der Waals surface area contributed by atoms with Gasteiger partial charge in [-0.1, -0.05) is 35.3 Å². The van der Waals surface area contributed by atoms with Gasteiger partial charge in [0, 0.05) is 17.0 Å². The highest BCUT2D eigenvalue weighted by Gasteiger charge is 2.12. The zero-order chi connectivity index (χ0) is 11.4. The summed E-state index contributed by atoms with van der Waals surface area (Å²) in [5.41, 5.74) is 1.33. The number of halogens is 2. The molecule has 0 saturated heterocycles. The molecule has 0 radical (unpaired) electrons. The van der Waals surface area contributed by atoms with Gasteiger partial charge >= 0.3 is 0 Å². The second-order valence-electron chi connectivity index (χ2n) is 3.73. The molecular weight excluding hydrogens is 261 g/mol. The number of nitrogens with zero attached hydrogens (tertiary/aromatic N) is 1. The number of thioether (sulfide) groups is 1.